The molecule has 3 rings (SSSR count). The van der Waals surface area contributed by atoms with Gasteiger partial charge in [-0.15, -0.1) is 0 Å². The highest BCUT2D eigenvalue weighted by molar-refractivity contribution is 6.26. The topological polar surface area (TPSA) is 43.1 Å². The molecule has 1 aliphatic rings. The maximum absolute atomic E-state index is 13.1. The molecule has 0 saturated heterocycles. The maximum atomic E-state index is 13.1. The minimum absolute atomic E-state index is 0.121. The number of aryl methyl sites for hydroxylation is 1. The fraction of sp³-hybridized carbons (Fsp3) is 0.211. The van der Waals surface area contributed by atoms with Crippen molar-refractivity contribution in [2.75, 3.05) is 0 Å². The molecule has 0 aromatic heterocycles. The third-order valence-corrected chi connectivity index (χ3v) is 4.34. The number of carbonyl (C=O) groups excluding carboxylic acids is 1. The normalized spacial score (nSPS) is 18.3. The third kappa shape index (κ3) is 2.82. The SMILES string of the molecule is Cc1ccc(C2=C(N)CC(c3ccccc3)C2=O)cc1C(F)(F)F. The first kappa shape index (κ1) is 16.3. The highest BCUT2D eigenvalue weighted by atomic mass is 19.4. The molecule has 0 heterocycles. The molecule has 1 unspecified atom stereocenters. The third-order valence-electron chi connectivity index (χ3n) is 4.34. The van der Waals surface area contributed by atoms with Crippen molar-refractivity contribution >= 4 is 11.4 Å². The zero-order chi connectivity index (χ0) is 17.5. The van der Waals surface area contributed by atoms with Crippen LogP contribution in [-0.4, -0.2) is 5.78 Å². The van der Waals surface area contributed by atoms with Crippen LogP contribution in [0.4, 0.5) is 13.2 Å². The molecule has 0 radical (unpaired) electrons. The van der Waals surface area contributed by atoms with Gasteiger partial charge in [-0.1, -0.05) is 42.5 Å². The number of carbonyl (C=O) groups is 1. The number of hydrogen-bond acceptors (Lipinski definition) is 2. The molecule has 5 heteroatoms. The molecule has 0 fully saturated rings. The van der Waals surface area contributed by atoms with Gasteiger partial charge < -0.3 is 5.73 Å². The molecule has 0 bridgehead atoms. The fourth-order valence-corrected chi connectivity index (χ4v) is 3.11. The molecule has 0 amide bonds. The lowest BCUT2D eigenvalue weighted by atomic mass is 9.92. The highest BCUT2D eigenvalue weighted by Crippen LogP contribution is 2.40. The van der Waals surface area contributed by atoms with Crippen LogP contribution in [0.2, 0.25) is 0 Å². The zero-order valence-electron chi connectivity index (χ0n) is 13.0. The van der Waals surface area contributed by atoms with E-state index in [9.17, 15) is 18.0 Å². The summed E-state index contributed by atoms with van der Waals surface area (Å²) >= 11 is 0. The van der Waals surface area contributed by atoms with E-state index in [-0.39, 0.29) is 22.5 Å². The summed E-state index contributed by atoms with van der Waals surface area (Å²) in [6.45, 7) is 1.40. The molecule has 2 aromatic rings. The van der Waals surface area contributed by atoms with Crippen LogP contribution in [0.25, 0.3) is 5.57 Å². The number of rotatable bonds is 2. The number of halogens is 3. The van der Waals surface area contributed by atoms with Gasteiger partial charge in [0, 0.05) is 17.7 Å². The predicted octanol–water partition coefficient (Wildman–Crippen LogP) is 4.44. The molecule has 0 spiro atoms. The number of allylic oxidation sites excluding steroid dienone is 2. The van der Waals surface area contributed by atoms with Crippen molar-refractivity contribution in [3.63, 3.8) is 0 Å². The van der Waals surface area contributed by atoms with Gasteiger partial charge in [-0.2, -0.15) is 13.2 Å². The van der Waals surface area contributed by atoms with Crippen LogP contribution in [0.1, 0.15) is 34.6 Å². The largest absolute Gasteiger partial charge is 0.416 e. The van der Waals surface area contributed by atoms with E-state index < -0.39 is 17.7 Å². The molecule has 24 heavy (non-hydrogen) atoms. The molecule has 1 atom stereocenters. The quantitative estimate of drug-likeness (QED) is 0.884. The van der Waals surface area contributed by atoms with E-state index in [1.165, 1.54) is 19.1 Å². The smallest absolute Gasteiger partial charge is 0.401 e. The summed E-state index contributed by atoms with van der Waals surface area (Å²) in [5, 5.41) is 0. The van der Waals surface area contributed by atoms with E-state index in [0.29, 0.717) is 12.1 Å². The summed E-state index contributed by atoms with van der Waals surface area (Å²) in [6.07, 6.45) is -4.14. The minimum Gasteiger partial charge on any atom is -0.401 e. The van der Waals surface area contributed by atoms with Gasteiger partial charge in [-0.3, -0.25) is 4.79 Å². The molecule has 0 saturated carbocycles. The lowest BCUT2D eigenvalue weighted by Gasteiger charge is -2.13. The Hall–Kier alpha value is -2.56. The van der Waals surface area contributed by atoms with Crippen molar-refractivity contribution in [1.82, 2.24) is 0 Å². The predicted molar refractivity (Wildman–Crippen MR) is 86.1 cm³/mol. The highest BCUT2D eigenvalue weighted by Gasteiger charge is 2.36. The fourth-order valence-electron chi connectivity index (χ4n) is 3.11. The summed E-state index contributed by atoms with van der Waals surface area (Å²) in [4.78, 5) is 12.7. The minimum atomic E-state index is -4.46. The molecular weight excluding hydrogens is 315 g/mol. The van der Waals surface area contributed by atoms with Gasteiger partial charge in [0.2, 0.25) is 0 Å². The number of nitrogens with two attached hydrogens (primary N) is 1. The van der Waals surface area contributed by atoms with Crippen molar-refractivity contribution in [3.8, 4) is 0 Å². The average molecular weight is 331 g/mol. The Balaban J connectivity index is 2.01. The second-order valence-electron chi connectivity index (χ2n) is 5.96. The summed E-state index contributed by atoms with van der Waals surface area (Å²) < 4.78 is 39.4. The van der Waals surface area contributed by atoms with Gasteiger partial charge in [0.05, 0.1) is 11.5 Å². The van der Waals surface area contributed by atoms with Crippen molar-refractivity contribution < 1.29 is 18.0 Å². The van der Waals surface area contributed by atoms with E-state index in [4.69, 9.17) is 5.73 Å². The summed E-state index contributed by atoms with van der Waals surface area (Å²) in [6, 6.07) is 13.1. The monoisotopic (exact) mass is 331 g/mol. The Morgan fingerprint density at radius 1 is 1.08 bits per heavy atom. The van der Waals surface area contributed by atoms with E-state index in [1.54, 1.807) is 0 Å². The first-order chi connectivity index (χ1) is 11.3. The Morgan fingerprint density at radius 3 is 2.38 bits per heavy atom. The van der Waals surface area contributed by atoms with E-state index >= 15 is 0 Å². The standard InChI is InChI=1S/C19H16F3NO/c1-11-7-8-13(9-15(11)19(20,21)22)17-16(23)10-14(18(17)24)12-5-3-2-4-6-12/h2-9,14H,10,23H2,1H3. The second kappa shape index (κ2) is 5.82. The molecule has 2 N–H and O–H groups in total. The molecule has 124 valence electrons. The summed E-state index contributed by atoms with van der Waals surface area (Å²) in [5.74, 6) is -0.660. The lowest BCUT2D eigenvalue weighted by Crippen LogP contribution is -2.11. The van der Waals surface area contributed by atoms with E-state index in [2.05, 4.69) is 0 Å². The van der Waals surface area contributed by atoms with Crippen LogP contribution in [0.15, 0.2) is 54.2 Å². The maximum Gasteiger partial charge on any atom is 0.416 e. The van der Waals surface area contributed by atoms with Crippen LogP contribution in [0, 0.1) is 6.92 Å². The van der Waals surface area contributed by atoms with Crippen molar-refractivity contribution in [1.29, 1.82) is 0 Å². The van der Waals surface area contributed by atoms with Gasteiger partial charge >= 0.3 is 6.18 Å². The summed E-state index contributed by atoms with van der Waals surface area (Å²) in [7, 11) is 0. The molecule has 2 aromatic carbocycles. The van der Waals surface area contributed by atoms with Gasteiger partial charge in [-0.25, -0.2) is 0 Å². The first-order valence-electron chi connectivity index (χ1n) is 7.55. The lowest BCUT2D eigenvalue weighted by molar-refractivity contribution is -0.138. The Bertz CT molecular complexity index is 822. The second-order valence-corrected chi connectivity index (χ2v) is 5.96. The number of ketones is 1. The Labute approximate surface area is 137 Å². The van der Waals surface area contributed by atoms with Crippen LogP contribution in [0.3, 0.4) is 0 Å². The van der Waals surface area contributed by atoms with Crippen molar-refractivity contribution in [2.24, 2.45) is 5.73 Å². The van der Waals surface area contributed by atoms with E-state index in [0.717, 1.165) is 11.6 Å². The summed E-state index contributed by atoms with van der Waals surface area (Å²) in [5.41, 5.74) is 6.98. The Morgan fingerprint density at radius 2 is 1.75 bits per heavy atom. The van der Waals surface area contributed by atoms with Crippen LogP contribution >= 0.6 is 0 Å². The molecule has 2 nitrogen and oxygen atoms in total. The van der Waals surface area contributed by atoms with Crippen LogP contribution < -0.4 is 5.73 Å². The van der Waals surface area contributed by atoms with Crippen LogP contribution in [-0.2, 0) is 11.0 Å². The van der Waals surface area contributed by atoms with Gasteiger partial charge in [0.25, 0.3) is 0 Å². The van der Waals surface area contributed by atoms with Crippen molar-refractivity contribution in [2.45, 2.75) is 25.4 Å². The number of alkyl halides is 3. The van der Waals surface area contributed by atoms with Gasteiger partial charge in [-0.05, 0) is 29.7 Å². The first-order valence-corrected chi connectivity index (χ1v) is 7.55. The molecular formula is C19H16F3NO. The number of Topliss-reactive ketones (excluding diaryl/α,β-unsaturated/α-hetero) is 1. The number of hydrogen-bond donors (Lipinski definition) is 1. The van der Waals surface area contributed by atoms with Crippen molar-refractivity contribution in [3.05, 3.63) is 76.5 Å². The number of benzene rings is 2. The average Bonchev–Trinajstić information content (AvgIpc) is 2.83. The van der Waals surface area contributed by atoms with Crippen LogP contribution in [0.5, 0.6) is 0 Å². The zero-order valence-corrected chi connectivity index (χ0v) is 13.0. The van der Waals surface area contributed by atoms with E-state index in [1.807, 2.05) is 30.3 Å². The van der Waals surface area contributed by atoms with Gasteiger partial charge in [0.1, 0.15) is 0 Å². The Kier molecular flexibility index (Phi) is 3.95. The molecule has 0 aliphatic heterocycles. The van der Waals surface area contributed by atoms with Gasteiger partial charge in [0.15, 0.2) is 5.78 Å². The molecule has 1 aliphatic carbocycles.